The van der Waals surface area contributed by atoms with E-state index >= 15 is 0 Å². The highest BCUT2D eigenvalue weighted by Gasteiger charge is 2.42. The van der Waals surface area contributed by atoms with Gasteiger partial charge in [0.05, 0.1) is 17.0 Å². The van der Waals surface area contributed by atoms with Gasteiger partial charge in [-0.2, -0.15) is 0 Å². The van der Waals surface area contributed by atoms with Crippen molar-refractivity contribution in [2.45, 2.75) is 36.6 Å². The Morgan fingerprint density at radius 3 is 2.85 bits per heavy atom. The van der Waals surface area contributed by atoms with Gasteiger partial charge in [-0.05, 0) is 38.3 Å². The van der Waals surface area contributed by atoms with Crippen LogP contribution in [-0.2, 0) is 9.59 Å². The summed E-state index contributed by atoms with van der Waals surface area (Å²) in [7, 11) is 0. The predicted molar refractivity (Wildman–Crippen MR) is 103 cm³/mol. The minimum absolute atomic E-state index is 0.0651. The van der Waals surface area contributed by atoms with Crippen molar-refractivity contribution in [3.63, 3.8) is 0 Å². The Balaban J connectivity index is 1.66. The van der Waals surface area contributed by atoms with E-state index in [9.17, 15) is 14.4 Å². The number of piperidine rings is 1. The highest BCUT2D eigenvalue weighted by atomic mass is 32.2. The Morgan fingerprint density at radius 1 is 1.26 bits per heavy atom. The molecule has 2 aliphatic heterocycles. The van der Waals surface area contributed by atoms with Crippen LogP contribution < -0.4 is 4.90 Å². The Bertz CT molecular complexity index is 914. The minimum Gasteiger partial charge on any atom is -0.327 e. The lowest BCUT2D eigenvalue weighted by molar-refractivity contribution is -0.128. The Kier molecular flexibility index (Phi) is 4.96. The number of fused-ring (bicyclic) bond motifs is 2. The van der Waals surface area contributed by atoms with Crippen LogP contribution in [0.3, 0.4) is 0 Å². The Morgan fingerprint density at radius 2 is 2.07 bits per heavy atom. The van der Waals surface area contributed by atoms with E-state index in [0.29, 0.717) is 28.6 Å². The van der Waals surface area contributed by atoms with Crippen LogP contribution in [0.5, 0.6) is 0 Å². The molecule has 1 saturated heterocycles. The molecule has 1 fully saturated rings. The predicted octanol–water partition coefficient (Wildman–Crippen LogP) is 2.51. The number of rotatable bonds is 3. The summed E-state index contributed by atoms with van der Waals surface area (Å²) in [6.07, 6.45) is 2.33. The quantitative estimate of drug-likeness (QED) is 0.734. The molecule has 0 N–H and O–H groups in total. The molecule has 3 heterocycles. The molecule has 0 aliphatic carbocycles. The maximum absolute atomic E-state index is 13.2. The number of aromatic nitrogens is 2. The third kappa shape index (κ3) is 3.37. The molecule has 140 valence electrons. The average molecular weight is 403 g/mol. The van der Waals surface area contributed by atoms with E-state index in [1.807, 2.05) is 6.92 Å². The molecule has 1 unspecified atom stereocenters. The summed E-state index contributed by atoms with van der Waals surface area (Å²) in [6, 6.07) is 6.28. The van der Waals surface area contributed by atoms with Crippen molar-refractivity contribution in [2.24, 2.45) is 0 Å². The lowest BCUT2D eigenvalue weighted by Crippen LogP contribution is -2.52. The van der Waals surface area contributed by atoms with Crippen molar-refractivity contribution in [3.8, 4) is 0 Å². The fraction of sp³-hybridized carbons (Fsp3) is 0.389. The Labute approximate surface area is 164 Å². The zero-order valence-corrected chi connectivity index (χ0v) is 16.4. The molecule has 7 nitrogen and oxygen atoms in total. The van der Waals surface area contributed by atoms with Gasteiger partial charge in [0.2, 0.25) is 5.91 Å². The SMILES string of the molecule is Cc1nnc(SCC(=O)N2C(=O)C3CCCCN3C(=O)c3ccccc32)s1. The molecule has 2 aliphatic rings. The third-order valence-corrected chi connectivity index (χ3v) is 6.68. The number of para-hydroxylation sites is 1. The molecule has 0 bridgehead atoms. The molecule has 0 saturated carbocycles. The normalized spacial score (nSPS) is 19.5. The lowest BCUT2D eigenvalue weighted by Gasteiger charge is -2.33. The summed E-state index contributed by atoms with van der Waals surface area (Å²) in [6.45, 7) is 2.39. The van der Waals surface area contributed by atoms with Gasteiger partial charge in [-0.25, -0.2) is 4.90 Å². The number of carbonyl (C=O) groups is 3. The zero-order valence-electron chi connectivity index (χ0n) is 14.8. The molecule has 1 aromatic heterocycles. The second kappa shape index (κ2) is 7.40. The highest BCUT2D eigenvalue weighted by molar-refractivity contribution is 8.01. The molecule has 27 heavy (non-hydrogen) atoms. The molecule has 2 aromatic rings. The van der Waals surface area contributed by atoms with Crippen molar-refractivity contribution in [2.75, 3.05) is 17.2 Å². The van der Waals surface area contributed by atoms with E-state index < -0.39 is 6.04 Å². The number of nitrogens with zero attached hydrogens (tertiary/aromatic N) is 4. The van der Waals surface area contributed by atoms with Gasteiger partial charge in [-0.15, -0.1) is 10.2 Å². The fourth-order valence-corrected chi connectivity index (χ4v) is 5.15. The summed E-state index contributed by atoms with van der Waals surface area (Å²) >= 11 is 2.67. The summed E-state index contributed by atoms with van der Waals surface area (Å²) in [5.41, 5.74) is 0.779. The molecular weight excluding hydrogens is 384 g/mol. The van der Waals surface area contributed by atoms with Gasteiger partial charge in [0, 0.05) is 6.54 Å². The van der Waals surface area contributed by atoms with Crippen LogP contribution in [0.25, 0.3) is 0 Å². The number of hydrogen-bond donors (Lipinski definition) is 0. The van der Waals surface area contributed by atoms with Crippen LogP contribution in [0.1, 0.15) is 34.6 Å². The first-order chi connectivity index (χ1) is 13.1. The van der Waals surface area contributed by atoms with Crippen molar-refractivity contribution in [1.82, 2.24) is 15.1 Å². The van der Waals surface area contributed by atoms with E-state index in [2.05, 4.69) is 10.2 Å². The van der Waals surface area contributed by atoms with Gasteiger partial charge < -0.3 is 4.90 Å². The molecule has 0 spiro atoms. The van der Waals surface area contributed by atoms with E-state index in [1.165, 1.54) is 28.0 Å². The number of thioether (sulfide) groups is 1. The van der Waals surface area contributed by atoms with E-state index in [4.69, 9.17) is 0 Å². The van der Waals surface area contributed by atoms with Gasteiger partial charge in [0.15, 0.2) is 4.34 Å². The average Bonchev–Trinajstić information content (AvgIpc) is 3.08. The first-order valence-corrected chi connectivity index (χ1v) is 10.6. The second-order valence-corrected chi connectivity index (χ2v) is 8.87. The molecular formula is C18H18N4O3S2. The second-order valence-electron chi connectivity index (χ2n) is 6.47. The molecule has 1 atom stereocenters. The topological polar surface area (TPSA) is 83.5 Å². The van der Waals surface area contributed by atoms with Crippen molar-refractivity contribution in [1.29, 1.82) is 0 Å². The number of aryl methyl sites for hydroxylation is 1. The van der Waals surface area contributed by atoms with E-state index in [-0.39, 0.29) is 23.5 Å². The summed E-state index contributed by atoms with van der Waals surface area (Å²) < 4.78 is 0.687. The molecule has 4 rings (SSSR count). The Hall–Kier alpha value is -2.26. The van der Waals surface area contributed by atoms with E-state index in [1.54, 1.807) is 29.2 Å². The third-order valence-electron chi connectivity index (χ3n) is 4.72. The van der Waals surface area contributed by atoms with Crippen molar-refractivity contribution >= 4 is 46.5 Å². The van der Waals surface area contributed by atoms with E-state index in [0.717, 1.165) is 17.8 Å². The summed E-state index contributed by atoms with van der Waals surface area (Å²) in [4.78, 5) is 42.0. The first kappa shape index (κ1) is 18.1. The number of hydrogen-bond acceptors (Lipinski definition) is 7. The number of benzene rings is 1. The standard InChI is InChI=1S/C18H18N4O3S2/c1-11-19-20-18(27-11)26-10-15(23)22-13-7-3-2-6-12(13)16(24)21-9-5-4-8-14(21)17(22)25/h2-3,6-7,14H,4-5,8-10H2,1H3. The smallest absolute Gasteiger partial charge is 0.256 e. The highest BCUT2D eigenvalue weighted by Crippen LogP contribution is 2.33. The summed E-state index contributed by atoms with van der Waals surface area (Å²) in [5, 5.41) is 8.77. The zero-order chi connectivity index (χ0) is 19.0. The number of amides is 3. The fourth-order valence-electron chi connectivity index (χ4n) is 3.49. The van der Waals surface area contributed by atoms with Gasteiger partial charge in [-0.1, -0.05) is 35.2 Å². The maximum Gasteiger partial charge on any atom is 0.256 e. The monoisotopic (exact) mass is 402 g/mol. The van der Waals surface area contributed by atoms with Crippen LogP contribution in [-0.4, -0.2) is 51.2 Å². The van der Waals surface area contributed by atoms with Gasteiger partial charge in [0.1, 0.15) is 11.0 Å². The number of anilines is 1. The van der Waals surface area contributed by atoms with Crippen LogP contribution in [0.15, 0.2) is 28.6 Å². The van der Waals surface area contributed by atoms with Gasteiger partial charge in [-0.3, -0.25) is 14.4 Å². The van der Waals surface area contributed by atoms with Crippen molar-refractivity contribution < 1.29 is 14.4 Å². The largest absolute Gasteiger partial charge is 0.327 e. The van der Waals surface area contributed by atoms with Crippen LogP contribution >= 0.6 is 23.1 Å². The van der Waals surface area contributed by atoms with Gasteiger partial charge >= 0.3 is 0 Å². The van der Waals surface area contributed by atoms with Crippen molar-refractivity contribution in [3.05, 3.63) is 34.8 Å². The number of carbonyl (C=O) groups excluding carboxylic acids is 3. The number of imide groups is 1. The lowest BCUT2D eigenvalue weighted by atomic mass is 10.0. The van der Waals surface area contributed by atoms with Gasteiger partial charge in [0.25, 0.3) is 11.8 Å². The van der Waals surface area contributed by atoms with Crippen LogP contribution in [0, 0.1) is 6.92 Å². The molecule has 9 heteroatoms. The van der Waals surface area contributed by atoms with Crippen LogP contribution in [0.4, 0.5) is 5.69 Å². The minimum atomic E-state index is -0.573. The van der Waals surface area contributed by atoms with Crippen LogP contribution in [0.2, 0.25) is 0 Å². The first-order valence-electron chi connectivity index (χ1n) is 8.76. The molecule has 3 amide bonds. The molecule has 0 radical (unpaired) electrons. The maximum atomic E-state index is 13.2. The molecule has 1 aromatic carbocycles. The summed E-state index contributed by atoms with van der Waals surface area (Å²) in [5.74, 6) is -0.765.